The van der Waals surface area contributed by atoms with E-state index in [1.54, 1.807) is 30.1 Å². The van der Waals surface area contributed by atoms with Gasteiger partial charge in [0.15, 0.2) is 11.6 Å². The van der Waals surface area contributed by atoms with E-state index in [1.165, 1.54) is 6.07 Å². The molecule has 3 atom stereocenters. The van der Waals surface area contributed by atoms with E-state index in [2.05, 4.69) is 39.5 Å². The van der Waals surface area contributed by atoms with E-state index in [1.807, 2.05) is 12.3 Å². The quantitative estimate of drug-likeness (QED) is 0.435. The van der Waals surface area contributed by atoms with E-state index in [0.29, 0.717) is 46.7 Å². The number of amides is 1. The highest BCUT2D eigenvalue weighted by Gasteiger charge is 2.26. The Labute approximate surface area is 214 Å². The molecule has 2 N–H and O–H groups in total. The zero-order chi connectivity index (χ0) is 25.7. The van der Waals surface area contributed by atoms with Crippen molar-refractivity contribution < 1.29 is 13.9 Å². The van der Waals surface area contributed by atoms with Gasteiger partial charge < -0.3 is 20.3 Å². The van der Waals surface area contributed by atoms with E-state index in [-0.39, 0.29) is 17.5 Å². The first-order valence-electron chi connectivity index (χ1n) is 12.7. The molecule has 0 unspecified atom stereocenters. The molecule has 6 rings (SSSR count). The van der Waals surface area contributed by atoms with Crippen LogP contribution >= 0.6 is 0 Å². The van der Waals surface area contributed by atoms with E-state index in [0.717, 1.165) is 37.0 Å². The van der Waals surface area contributed by atoms with Gasteiger partial charge in [0.1, 0.15) is 11.6 Å². The number of nitrogens with zero attached hydrogens (tertiary/aromatic N) is 5. The highest BCUT2D eigenvalue weighted by Crippen LogP contribution is 2.33. The first-order chi connectivity index (χ1) is 17.9. The predicted octanol–water partition coefficient (Wildman–Crippen LogP) is 3.95. The molecule has 1 amide bonds. The van der Waals surface area contributed by atoms with E-state index < -0.39 is 5.82 Å². The number of piperazine rings is 1. The van der Waals surface area contributed by atoms with Crippen LogP contribution in [0.15, 0.2) is 36.7 Å². The van der Waals surface area contributed by atoms with Crippen LogP contribution < -0.4 is 15.5 Å². The number of carbonyl (C=O) groups is 1. The highest BCUT2D eigenvalue weighted by molar-refractivity contribution is 6.14. The second-order valence-electron chi connectivity index (χ2n) is 10.2. The lowest BCUT2D eigenvalue weighted by atomic mass is 10.0. The highest BCUT2D eigenvalue weighted by atomic mass is 19.1. The molecule has 0 bridgehead atoms. The van der Waals surface area contributed by atoms with Crippen LogP contribution in [0, 0.1) is 5.82 Å². The van der Waals surface area contributed by atoms with Crippen LogP contribution in [0.2, 0.25) is 0 Å². The van der Waals surface area contributed by atoms with Gasteiger partial charge in [-0.1, -0.05) is 0 Å². The molecule has 2 aliphatic heterocycles. The lowest BCUT2D eigenvalue weighted by molar-refractivity contribution is 0.102. The van der Waals surface area contributed by atoms with E-state index >= 15 is 0 Å². The van der Waals surface area contributed by atoms with Crippen LogP contribution in [0.1, 0.15) is 49.0 Å². The third-order valence-electron chi connectivity index (χ3n) is 7.04. The second kappa shape index (κ2) is 9.35. The van der Waals surface area contributed by atoms with Gasteiger partial charge in [-0.3, -0.25) is 9.48 Å². The predicted molar refractivity (Wildman–Crippen MR) is 140 cm³/mol. The van der Waals surface area contributed by atoms with Gasteiger partial charge in [0.2, 0.25) is 0 Å². The van der Waals surface area contributed by atoms with Gasteiger partial charge in [0.05, 0.1) is 11.1 Å². The summed E-state index contributed by atoms with van der Waals surface area (Å²) in [6.45, 7) is 6.68. The Morgan fingerprint density at radius 2 is 2.00 bits per heavy atom. The Kier molecular flexibility index (Phi) is 6.00. The summed E-state index contributed by atoms with van der Waals surface area (Å²) < 4.78 is 22.0. The fourth-order valence-electron chi connectivity index (χ4n) is 5.52. The monoisotopic (exact) mass is 503 g/mol. The Morgan fingerprint density at radius 3 is 2.76 bits per heavy atom. The van der Waals surface area contributed by atoms with Crippen LogP contribution in [-0.2, 0) is 11.8 Å². The minimum atomic E-state index is -0.487. The normalized spacial score (nSPS) is 22.2. The van der Waals surface area contributed by atoms with Gasteiger partial charge >= 0.3 is 0 Å². The smallest absolute Gasteiger partial charge is 0.257 e. The molecule has 2 aromatic carbocycles. The maximum atomic E-state index is 14.6. The maximum Gasteiger partial charge on any atom is 0.257 e. The number of rotatable bonds is 4. The van der Waals surface area contributed by atoms with Gasteiger partial charge in [-0.2, -0.15) is 5.10 Å². The number of aromatic nitrogens is 4. The molecular formula is C27H30FN7O2. The second-order valence-corrected chi connectivity index (χ2v) is 10.2. The summed E-state index contributed by atoms with van der Waals surface area (Å²) >= 11 is 0. The Morgan fingerprint density at radius 1 is 1.19 bits per heavy atom. The van der Waals surface area contributed by atoms with Crippen molar-refractivity contribution in [3.63, 3.8) is 0 Å². The van der Waals surface area contributed by atoms with Crippen molar-refractivity contribution in [3.8, 4) is 0 Å². The average molecular weight is 504 g/mol. The van der Waals surface area contributed by atoms with Crippen LogP contribution in [0.3, 0.4) is 0 Å². The molecule has 2 fully saturated rings. The minimum absolute atomic E-state index is 0.176. The topological polar surface area (TPSA) is 97.2 Å². The molecule has 2 aliphatic rings. The van der Waals surface area contributed by atoms with Crippen LogP contribution in [0.4, 0.5) is 15.8 Å². The fraction of sp³-hybridized carbons (Fsp3) is 0.407. The van der Waals surface area contributed by atoms with Crippen molar-refractivity contribution in [3.05, 3.63) is 53.9 Å². The molecule has 4 heterocycles. The first kappa shape index (κ1) is 23.7. The lowest BCUT2D eigenvalue weighted by Gasteiger charge is -2.38. The number of anilines is 2. The molecule has 0 aliphatic carbocycles. The summed E-state index contributed by atoms with van der Waals surface area (Å²) in [5.74, 6) is -0.266. The molecule has 2 aromatic heterocycles. The van der Waals surface area contributed by atoms with Gasteiger partial charge in [-0.15, -0.1) is 0 Å². The maximum absolute atomic E-state index is 14.6. The van der Waals surface area contributed by atoms with Crippen LogP contribution in [0.25, 0.3) is 21.8 Å². The van der Waals surface area contributed by atoms with Gasteiger partial charge in [-0.05, 0) is 51.0 Å². The number of ether oxygens (including phenoxy) is 1. The van der Waals surface area contributed by atoms with E-state index in [4.69, 9.17) is 9.72 Å². The van der Waals surface area contributed by atoms with Crippen molar-refractivity contribution in [2.45, 2.75) is 44.9 Å². The molecule has 0 saturated carbocycles. The number of halogens is 1. The fourth-order valence-corrected chi connectivity index (χ4v) is 5.52. The summed E-state index contributed by atoms with van der Waals surface area (Å²) in [5, 5.41) is 12.0. The number of aryl methyl sites for hydroxylation is 1. The van der Waals surface area contributed by atoms with Crippen molar-refractivity contribution in [2.24, 2.45) is 7.05 Å². The Hall–Kier alpha value is -3.63. The van der Waals surface area contributed by atoms with Crippen molar-refractivity contribution >= 4 is 39.1 Å². The molecule has 0 radical (unpaired) electrons. The number of fused-ring (bicyclic) bond motifs is 2. The minimum Gasteiger partial charge on any atom is -0.370 e. The van der Waals surface area contributed by atoms with Crippen molar-refractivity contribution in [2.75, 3.05) is 29.9 Å². The van der Waals surface area contributed by atoms with Crippen LogP contribution in [0.5, 0.6) is 0 Å². The summed E-state index contributed by atoms with van der Waals surface area (Å²) in [7, 11) is 1.73. The number of nitrogens with one attached hydrogen (secondary N) is 2. The number of benzene rings is 2. The van der Waals surface area contributed by atoms with Gasteiger partial charge in [0, 0.05) is 73.4 Å². The molecular weight excluding hydrogens is 473 g/mol. The van der Waals surface area contributed by atoms with Gasteiger partial charge in [0.25, 0.3) is 5.91 Å². The summed E-state index contributed by atoms with van der Waals surface area (Å²) in [5.41, 5.74) is 2.59. The molecule has 2 saturated heterocycles. The summed E-state index contributed by atoms with van der Waals surface area (Å²) in [6, 6.07) is 7.42. The third-order valence-corrected chi connectivity index (χ3v) is 7.04. The van der Waals surface area contributed by atoms with Crippen molar-refractivity contribution in [1.29, 1.82) is 0 Å². The summed E-state index contributed by atoms with van der Waals surface area (Å²) in [6.07, 6.45) is 5.16. The van der Waals surface area contributed by atoms with Crippen molar-refractivity contribution in [1.82, 2.24) is 25.1 Å². The molecule has 192 valence electrons. The molecule has 37 heavy (non-hydrogen) atoms. The molecule has 4 aromatic rings. The zero-order valence-corrected chi connectivity index (χ0v) is 21.2. The number of carbonyl (C=O) groups excluding carboxylic acids is 1. The summed E-state index contributed by atoms with van der Waals surface area (Å²) in [4.78, 5) is 25.4. The SMILES string of the molecule is C[C@@H]1CN(c2ccc(C(=O)Nc3cc(F)c4nn(C)cc4c3)c3nc([C@H]4CCCO4)ncc23)C[C@H](C)N1. The Bertz CT molecular complexity index is 1490. The largest absolute Gasteiger partial charge is 0.370 e. The zero-order valence-electron chi connectivity index (χ0n) is 21.2. The molecule has 9 nitrogen and oxygen atoms in total. The van der Waals surface area contributed by atoms with E-state index in [9.17, 15) is 9.18 Å². The van der Waals surface area contributed by atoms with Crippen LogP contribution in [-0.4, -0.2) is 57.4 Å². The number of hydrogen-bond acceptors (Lipinski definition) is 7. The lowest BCUT2D eigenvalue weighted by Crippen LogP contribution is -2.54. The average Bonchev–Trinajstić information content (AvgIpc) is 3.52. The molecule has 10 heteroatoms. The molecule has 0 spiro atoms. The third kappa shape index (κ3) is 4.51. The Balaban J connectivity index is 1.41. The standard InChI is InChI=1S/C27H30FN7O2/c1-15-12-35(13-16(2)30-15)22-7-6-19(25-20(22)11-29-26(32-25)23-5-4-8-37-23)27(36)31-18-9-17-14-34(3)33-24(17)21(28)10-18/h6-7,9-11,14-16,23,30H,4-5,8,12-13H2,1-3H3,(H,31,36)/t15-,16+,23-/m1/s1. The van der Waals surface area contributed by atoms with Gasteiger partial charge in [-0.25, -0.2) is 14.4 Å². The number of hydrogen-bond donors (Lipinski definition) is 2. The first-order valence-corrected chi connectivity index (χ1v) is 12.7.